The Morgan fingerprint density at radius 1 is 0.522 bits per heavy atom. The predicted molar refractivity (Wildman–Crippen MR) is 197 cm³/mol. The van der Waals surface area contributed by atoms with Crippen LogP contribution in [0.1, 0.15) is 175 Å². The summed E-state index contributed by atoms with van der Waals surface area (Å²) in [5, 5.41) is 0.0504. The molecule has 1 amide bonds. The Hall–Kier alpha value is -1.28. The zero-order valence-electron chi connectivity index (χ0n) is 31.1. The fourth-order valence-corrected chi connectivity index (χ4v) is 6.54. The molecule has 0 unspecified atom stereocenters. The third-order valence-corrected chi connectivity index (χ3v) is 9.40. The normalized spacial score (nSPS) is 11.5. The largest absolute Gasteiger partial charge is 0.462 e. The summed E-state index contributed by atoms with van der Waals surface area (Å²) in [6, 6.07) is 0. The van der Waals surface area contributed by atoms with Gasteiger partial charge < -0.3 is 19.3 Å². The first-order valence-corrected chi connectivity index (χ1v) is 20.2. The lowest BCUT2D eigenvalue weighted by Crippen LogP contribution is -2.31. The molecule has 0 aliphatic carbocycles. The van der Waals surface area contributed by atoms with Gasteiger partial charge in [0.1, 0.15) is 12.2 Å². The molecule has 0 heterocycles. The molecule has 0 fully saturated rings. The lowest BCUT2D eigenvalue weighted by molar-refractivity contribution is -0.151. The molecule has 7 nitrogen and oxygen atoms in total. The van der Waals surface area contributed by atoms with Crippen LogP contribution in [0.15, 0.2) is 0 Å². The summed E-state index contributed by atoms with van der Waals surface area (Å²) in [5.41, 5.74) is 0. The molecule has 0 aromatic rings. The van der Waals surface area contributed by atoms with Crippen LogP contribution in [0.5, 0.6) is 0 Å². The molecule has 46 heavy (non-hydrogen) atoms. The Kier molecular flexibility index (Phi) is 31.4. The standard InChI is InChI=1S/C38H74N2O5S/c1-7-11-15-19-26-35(27-20-16-12-8-2)45-37(42)29-23-31-40(38(43)46-33-32-39(5)6)30-22-21-28-36(41)44-34(24-17-13-9-3)25-18-14-10-4/h34-35H,7-33H2,1-6H3. The molecular weight excluding hydrogens is 596 g/mol. The number of esters is 2. The van der Waals surface area contributed by atoms with E-state index in [2.05, 4.69) is 32.6 Å². The predicted octanol–water partition coefficient (Wildman–Crippen LogP) is 10.6. The van der Waals surface area contributed by atoms with Crippen molar-refractivity contribution in [1.29, 1.82) is 0 Å². The van der Waals surface area contributed by atoms with Crippen LogP contribution in [0.3, 0.4) is 0 Å². The van der Waals surface area contributed by atoms with Crippen LogP contribution < -0.4 is 0 Å². The van der Waals surface area contributed by atoms with Gasteiger partial charge in [0.2, 0.25) is 0 Å². The van der Waals surface area contributed by atoms with E-state index in [-0.39, 0.29) is 29.4 Å². The van der Waals surface area contributed by atoms with Gasteiger partial charge >= 0.3 is 11.9 Å². The van der Waals surface area contributed by atoms with E-state index in [0.29, 0.717) is 38.8 Å². The molecule has 0 N–H and O–H groups in total. The van der Waals surface area contributed by atoms with Gasteiger partial charge in [-0.2, -0.15) is 0 Å². The average Bonchev–Trinajstić information content (AvgIpc) is 3.02. The highest BCUT2D eigenvalue weighted by molar-refractivity contribution is 8.13. The highest BCUT2D eigenvalue weighted by Crippen LogP contribution is 2.19. The molecule has 0 atom stereocenters. The second-order valence-electron chi connectivity index (χ2n) is 13.4. The van der Waals surface area contributed by atoms with Crippen molar-refractivity contribution in [2.75, 3.05) is 39.5 Å². The van der Waals surface area contributed by atoms with Crippen LogP contribution in [0.2, 0.25) is 0 Å². The second kappa shape index (κ2) is 32.3. The summed E-state index contributed by atoms with van der Waals surface area (Å²) in [6.45, 7) is 10.8. The fourth-order valence-electron chi connectivity index (χ4n) is 5.54. The third kappa shape index (κ3) is 27.8. The van der Waals surface area contributed by atoms with E-state index in [1.807, 2.05) is 19.0 Å². The van der Waals surface area contributed by atoms with Gasteiger partial charge in [-0.3, -0.25) is 14.4 Å². The SMILES string of the molecule is CCCCCCC(CCCCCC)OC(=O)CCCN(CCCCC(=O)OC(CCCCC)CCCCC)C(=O)SCCN(C)C. The highest BCUT2D eigenvalue weighted by atomic mass is 32.2. The Morgan fingerprint density at radius 2 is 0.935 bits per heavy atom. The maximum atomic E-state index is 13.1. The van der Waals surface area contributed by atoms with Gasteiger partial charge in [0, 0.05) is 38.2 Å². The molecule has 0 saturated carbocycles. The van der Waals surface area contributed by atoms with E-state index in [4.69, 9.17) is 9.47 Å². The summed E-state index contributed by atoms with van der Waals surface area (Å²) in [6.07, 6.45) is 23.0. The molecule has 0 aliphatic rings. The van der Waals surface area contributed by atoms with Gasteiger partial charge in [0.25, 0.3) is 5.24 Å². The highest BCUT2D eigenvalue weighted by Gasteiger charge is 2.19. The molecule has 0 aromatic carbocycles. The average molecular weight is 671 g/mol. The summed E-state index contributed by atoms with van der Waals surface area (Å²) < 4.78 is 11.8. The van der Waals surface area contributed by atoms with E-state index >= 15 is 0 Å². The Labute approximate surface area is 289 Å². The van der Waals surface area contributed by atoms with Gasteiger partial charge in [-0.15, -0.1) is 0 Å². The summed E-state index contributed by atoms with van der Waals surface area (Å²) in [7, 11) is 4.01. The molecule has 0 radical (unpaired) electrons. The first-order valence-electron chi connectivity index (χ1n) is 19.2. The minimum atomic E-state index is -0.140. The number of carbonyl (C=O) groups excluding carboxylic acids is 3. The molecule has 0 aromatic heterocycles. The van der Waals surface area contributed by atoms with Crippen LogP contribution in [0, 0.1) is 0 Å². The number of carbonyl (C=O) groups is 3. The second-order valence-corrected chi connectivity index (χ2v) is 14.4. The smallest absolute Gasteiger partial charge is 0.306 e. The van der Waals surface area contributed by atoms with Gasteiger partial charge in [-0.25, -0.2) is 0 Å². The lowest BCUT2D eigenvalue weighted by atomic mass is 10.0. The Morgan fingerprint density at radius 3 is 1.39 bits per heavy atom. The van der Waals surface area contributed by atoms with Crippen LogP contribution in [-0.2, 0) is 19.1 Å². The minimum Gasteiger partial charge on any atom is -0.462 e. The third-order valence-electron chi connectivity index (χ3n) is 8.50. The first-order chi connectivity index (χ1) is 22.3. The Balaban J connectivity index is 4.87. The zero-order valence-corrected chi connectivity index (χ0v) is 31.9. The van der Waals surface area contributed by atoms with Gasteiger partial charge in [-0.05, 0) is 84.7 Å². The molecule has 0 bridgehead atoms. The van der Waals surface area contributed by atoms with E-state index in [9.17, 15) is 14.4 Å². The van der Waals surface area contributed by atoms with E-state index in [0.717, 1.165) is 82.9 Å². The van der Waals surface area contributed by atoms with Crippen molar-refractivity contribution in [3.63, 3.8) is 0 Å². The first kappa shape index (κ1) is 44.7. The number of hydrogen-bond donors (Lipinski definition) is 0. The molecule has 0 spiro atoms. The van der Waals surface area contributed by atoms with E-state index in [1.165, 1.54) is 63.1 Å². The monoisotopic (exact) mass is 671 g/mol. The number of hydrogen-bond acceptors (Lipinski definition) is 7. The molecule has 8 heteroatoms. The van der Waals surface area contributed by atoms with Crippen LogP contribution in [0.4, 0.5) is 4.79 Å². The van der Waals surface area contributed by atoms with Crippen LogP contribution >= 0.6 is 11.8 Å². The molecule has 0 aliphatic heterocycles. The Bertz CT molecular complexity index is 714. The topological polar surface area (TPSA) is 76.1 Å². The summed E-state index contributed by atoms with van der Waals surface area (Å²) in [4.78, 5) is 42.5. The quantitative estimate of drug-likeness (QED) is 0.0521. The van der Waals surface area contributed by atoms with Crippen molar-refractivity contribution < 1.29 is 23.9 Å². The number of amides is 1. The number of rotatable bonds is 32. The molecular formula is C38H74N2O5S. The van der Waals surface area contributed by atoms with Gasteiger partial charge in [0.15, 0.2) is 0 Å². The number of thioether (sulfide) groups is 1. The van der Waals surface area contributed by atoms with Gasteiger partial charge in [-0.1, -0.05) is 104 Å². The van der Waals surface area contributed by atoms with Crippen molar-refractivity contribution in [3.8, 4) is 0 Å². The fraction of sp³-hybridized carbons (Fsp3) is 0.921. The maximum absolute atomic E-state index is 13.1. The van der Waals surface area contributed by atoms with Crippen molar-refractivity contribution >= 4 is 28.9 Å². The summed E-state index contributed by atoms with van der Waals surface area (Å²) >= 11 is 1.34. The van der Waals surface area contributed by atoms with Crippen LogP contribution in [0.25, 0.3) is 0 Å². The van der Waals surface area contributed by atoms with Crippen molar-refractivity contribution in [2.24, 2.45) is 0 Å². The van der Waals surface area contributed by atoms with Crippen LogP contribution in [-0.4, -0.2) is 78.7 Å². The van der Waals surface area contributed by atoms with Crippen molar-refractivity contribution in [1.82, 2.24) is 9.80 Å². The molecule has 0 rings (SSSR count). The van der Waals surface area contributed by atoms with Crippen molar-refractivity contribution in [2.45, 2.75) is 188 Å². The number of ether oxygens (including phenoxy) is 2. The number of nitrogens with zero attached hydrogens (tertiary/aromatic N) is 2. The number of unbranched alkanes of at least 4 members (excludes halogenated alkanes) is 11. The lowest BCUT2D eigenvalue weighted by Gasteiger charge is -2.23. The molecule has 0 saturated heterocycles. The zero-order chi connectivity index (χ0) is 34.3. The minimum absolute atomic E-state index is 0.0122. The van der Waals surface area contributed by atoms with E-state index < -0.39 is 0 Å². The summed E-state index contributed by atoms with van der Waals surface area (Å²) in [5.74, 6) is 0.475. The molecule has 272 valence electrons. The van der Waals surface area contributed by atoms with Gasteiger partial charge in [0.05, 0.1) is 0 Å². The maximum Gasteiger partial charge on any atom is 0.306 e. The van der Waals surface area contributed by atoms with Crippen molar-refractivity contribution in [3.05, 3.63) is 0 Å². The van der Waals surface area contributed by atoms with E-state index in [1.54, 1.807) is 0 Å².